The van der Waals surface area contributed by atoms with Gasteiger partial charge in [0.05, 0.1) is 28.9 Å². The summed E-state index contributed by atoms with van der Waals surface area (Å²) in [7, 11) is 0. The monoisotopic (exact) mass is 446 g/mol. The van der Waals surface area contributed by atoms with Gasteiger partial charge in [0.1, 0.15) is 23.1 Å². The second-order valence-electron chi connectivity index (χ2n) is 9.08. The number of esters is 3. The van der Waals surface area contributed by atoms with Crippen molar-refractivity contribution in [2.75, 3.05) is 6.61 Å². The molecule has 4 heterocycles. The Morgan fingerprint density at radius 2 is 2.00 bits per heavy atom. The zero-order chi connectivity index (χ0) is 23.7. The number of hydrogen-bond donors (Lipinski definition) is 2. The fourth-order valence-corrected chi connectivity index (χ4v) is 5.13. The van der Waals surface area contributed by atoms with Crippen molar-refractivity contribution in [2.45, 2.75) is 68.5 Å². The molecule has 2 spiro atoms. The number of rotatable bonds is 3. The molecule has 5 unspecified atom stereocenters. The lowest BCUT2D eigenvalue weighted by Gasteiger charge is -2.55. The second-order valence-corrected chi connectivity index (χ2v) is 9.08. The van der Waals surface area contributed by atoms with E-state index < -0.39 is 53.0 Å². The summed E-state index contributed by atoms with van der Waals surface area (Å²) >= 11 is 0. The predicted octanol–water partition coefficient (Wildman–Crippen LogP) is 1.15. The molecule has 4 aliphatic heterocycles. The zero-order valence-corrected chi connectivity index (χ0v) is 18.2. The average molecular weight is 446 g/mol. The van der Waals surface area contributed by atoms with E-state index in [-0.39, 0.29) is 41.7 Å². The van der Waals surface area contributed by atoms with E-state index in [2.05, 4.69) is 13.2 Å². The van der Waals surface area contributed by atoms with Crippen molar-refractivity contribution >= 4 is 17.9 Å². The van der Waals surface area contributed by atoms with E-state index in [9.17, 15) is 24.6 Å². The maximum absolute atomic E-state index is 12.8. The van der Waals surface area contributed by atoms with Crippen LogP contribution in [0, 0.1) is 0 Å². The lowest BCUT2D eigenvalue weighted by atomic mass is 9.65. The number of carbonyl (C=O) groups is 3. The van der Waals surface area contributed by atoms with Crippen LogP contribution < -0.4 is 0 Å². The number of hydrogen-bond acceptors (Lipinski definition) is 9. The molecule has 3 saturated heterocycles. The van der Waals surface area contributed by atoms with Crippen LogP contribution in [-0.4, -0.2) is 63.2 Å². The summed E-state index contributed by atoms with van der Waals surface area (Å²) in [5.41, 5.74) is -5.98. The molecule has 0 aromatic carbocycles. The van der Waals surface area contributed by atoms with Gasteiger partial charge in [-0.2, -0.15) is 0 Å². The van der Waals surface area contributed by atoms with Crippen LogP contribution in [0.4, 0.5) is 0 Å². The van der Waals surface area contributed by atoms with Gasteiger partial charge < -0.3 is 29.2 Å². The first-order valence-electron chi connectivity index (χ1n) is 10.3. The van der Waals surface area contributed by atoms with Gasteiger partial charge >= 0.3 is 17.9 Å². The van der Waals surface area contributed by atoms with Crippen molar-refractivity contribution in [1.82, 2.24) is 0 Å². The first-order chi connectivity index (χ1) is 14.9. The van der Waals surface area contributed by atoms with Crippen molar-refractivity contribution in [3.63, 3.8) is 0 Å². The van der Waals surface area contributed by atoms with Crippen LogP contribution >= 0.6 is 0 Å². The first-order valence-corrected chi connectivity index (χ1v) is 10.3. The Morgan fingerprint density at radius 3 is 2.62 bits per heavy atom. The molecule has 0 saturated carbocycles. The highest BCUT2D eigenvalue weighted by Crippen LogP contribution is 2.61. The SMILES string of the molecule is C=C(CO)C(=O)OC1CC2(C)OC(=O)C(=CC)C23CCC(C)(O)C=C2OC(=O)C(=C)C21O3. The molecule has 0 aliphatic carbocycles. The van der Waals surface area contributed by atoms with E-state index >= 15 is 0 Å². The minimum Gasteiger partial charge on any atom is -0.455 e. The highest BCUT2D eigenvalue weighted by atomic mass is 16.7. The van der Waals surface area contributed by atoms with Gasteiger partial charge in [-0.15, -0.1) is 0 Å². The Balaban J connectivity index is 1.98. The summed E-state index contributed by atoms with van der Waals surface area (Å²) in [6.07, 6.45) is 2.02. The minimum atomic E-state index is -1.80. The van der Waals surface area contributed by atoms with E-state index in [1.807, 2.05) is 0 Å². The van der Waals surface area contributed by atoms with Crippen LogP contribution in [0.3, 0.4) is 0 Å². The summed E-state index contributed by atoms with van der Waals surface area (Å²) < 4.78 is 23.4. The minimum absolute atomic E-state index is 0.0460. The molecule has 0 radical (unpaired) electrons. The molecule has 2 bridgehead atoms. The number of aliphatic hydroxyl groups is 2. The Bertz CT molecular complexity index is 1020. The van der Waals surface area contributed by atoms with Crippen LogP contribution in [-0.2, 0) is 33.3 Å². The molecule has 4 aliphatic rings. The van der Waals surface area contributed by atoms with Crippen molar-refractivity contribution < 1.29 is 43.5 Å². The van der Waals surface area contributed by atoms with Gasteiger partial charge in [-0.25, -0.2) is 14.4 Å². The van der Waals surface area contributed by atoms with Gasteiger partial charge in [0.15, 0.2) is 5.60 Å². The summed E-state index contributed by atoms with van der Waals surface area (Å²) in [6.45, 7) is 11.6. The van der Waals surface area contributed by atoms with Crippen LogP contribution in [0.25, 0.3) is 0 Å². The maximum atomic E-state index is 12.8. The summed E-state index contributed by atoms with van der Waals surface area (Å²) in [5.74, 6) is -2.39. The highest BCUT2D eigenvalue weighted by Gasteiger charge is 2.75. The van der Waals surface area contributed by atoms with Crippen molar-refractivity contribution in [1.29, 1.82) is 0 Å². The standard InChI is InChI=1S/C23H26O9/c1-6-14-19(27)31-21(5)10-16(29-17(25)12(2)11-24)23-13(3)18(26)30-15(23)9-20(4,28)7-8-22(14,21)32-23/h6,9,16,24,28H,2-3,7-8,10-11H2,1,4-5H3. The summed E-state index contributed by atoms with van der Waals surface area (Å²) in [5, 5.41) is 20.3. The summed E-state index contributed by atoms with van der Waals surface area (Å²) in [4.78, 5) is 38.0. The third kappa shape index (κ3) is 2.78. The van der Waals surface area contributed by atoms with Crippen molar-refractivity contribution in [3.8, 4) is 0 Å². The van der Waals surface area contributed by atoms with Crippen molar-refractivity contribution in [3.05, 3.63) is 47.8 Å². The molecule has 172 valence electrons. The fraction of sp³-hybridized carbons (Fsp3) is 0.522. The normalized spacial score (nSPS) is 41.7. The first kappa shape index (κ1) is 22.4. The highest BCUT2D eigenvalue weighted by molar-refractivity contribution is 5.98. The Morgan fingerprint density at radius 1 is 1.31 bits per heavy atom. The molecule has 9 heteroatoms. The van der Waals surface area contributed by atoms with E-state index in [1.54, 1.807) is 26.8 Å². The number of allylic oxidation sites excluding steroid dienone is 1. The van der Waals surface area contributed by atoms with Gasteiger partial charge in [0.2, 0.25) is 0 Å². The van der Waals surface area contributed by atoms with E-state index in [4.69, 9.17) is 18.9 Å². The molecular weight excluding hydrogens is 420 g/mol. The molecule has 0 aromatic rings. The number of aliphatic hydroxyl groups excluding tert-OH is 1. The van der Waals surface area contributed by atoms with Gasteiger partial charge in [-0.3, -0.25) is 0 Å². The Kier molecular flexibility index (Phi) is 4.82. The van der Waals surface area contributed by atoms with Gasteiger partial charge in [-0.05, 0) is 39.7 Å². The smallest absolute Gasteiger partial charge is 0.342 e. The third-order valence-corrected chi connectivity index (χ3v) is 6.90. The summed E-state index contributed by atoms with van der Waals surface area (Å²) in [6, 6.07) is 0. The quantitative estimate of drug-likeness (QED) is 0.373. The van der Waals surface area contributed by atoms with Crippen LogP contribution in [0.5, 0.6) is 0 Å². The van der Waals surface area contributed by atoms with E-state index in [0.717, 1.165) is 0 Å². The number of ether oxygens (including phenoxy) is 4. The fourth-order valence-electron chi connectivity index (χ4n) is 5.13. The van der Waals surface area contributed by atoms with Crippen LogP contribution in [0.1, 0.15) is 40.0 Å². The molecule has 4 rings (SSSR count). The molecule has 0 amide bonds. The van der Waals surface area contributed by atoms with E-state index in [0.29, 0.717) is 0 Å². The molecule has 2 N–H and O–H groups in total. The lowest BCUT2D eigenvalue weighted by Crippen LogP contribution is -2.68. The maximum Gasteiger partial charge on any atom is 0.342 e. The molecule has 0 aromatic heterocycles. The Labute approximate surface area is 185 Å². The van der Waals surface area contributed by atoms with E-state index in [1.165, 1.54) is 6.08 Å². The molecular formula is C23H26O9. The average Bonchev–Trinajstić information content (AvgIpc) is 3.06. The molecule has 3 fully saturated rings. The lowest BCUT2D eigenvalue weighted by molar-refractivity contribution is -0.265. The molecule has 5 atom stereocenters. The van der Waals surface area contributed by atoms with Crippen molar-refractivity contribution in [2.24, 2.45) is 0 Å². The zero-order valence-electron chi connectivity index (χ0n) is 18.2. The van der Waals surface area contributed by atoms with Gasteiger partial charge in [0.25, 0.3) is 0 Å². The predicted molar refractivity (Wildman–Crippen MR) is 109 cm³/mol. The third-order valence-electron chi connectivity index (χ3n) is 6.90. The molecule has 32 heavy (non-hydrogen) atoms. The Hall–Kier alpha value is -2.75. The second kappa shape index (κ2) is 6.87. The van der Waals surface area contributed by atoms with Crippen LogP contribution in [0.2, 0.25) is 0 Å². The largest absolute Gasteiger partial charge is 0.455 e. The molecule has 9 nitrogen and oxygen atoms in total. The van der Waals surface area contributed by atoms with Crippen LogP contribution in [0.15, 0.2) is 47.8 Å². The van der Waals surface area contributed by atoms with Gasteiger partial charge in [0, 0.05) is 6.42 Å². The number of carbonyl (C=O) groups excluding carboxylic acids is 3. The topological polar surface area (TPSA) is 129 Å². The van der Waals surface area contributed by atoms with Gasteiger partial charge in [-0.1, -0.05) is 19.2 Å².